The van der Waals surface area contributed by atoms with Crippen LogP contribution in [-0.2, 0) is 6.42 Å². The fraction of sp³-hybridized carbons (Fsp3) is 0.529. The van der Waals surface area contributed by atoms with Crippen LogP contribution in [0.4, 0.5) is 0 Å². The molecule has 1 aromatic rings. The Morgan fingerprint density at radius 1 is 1.32 bits per heavy atom. The van der Waals surface area contributed by atoms with Crippen LogP contribution < -0.4 is 10.5 Å². The lowest BCUT2D eigenvalue weighted by molar-refractivity contribution is 0.220. The number of para-hydroxylation sites is 1. The van der Waals surface area contributed by atoms with E-state index in [9.17, 15) is 0 Å². The topological polar surface area (TPSA) is 35.2 Å². The van der Waals surface area contributed by atoms with Gasteiger partial charge in [0.05, 0.1) is 0 Å². The van der Waals surface area contributed by atoms with Gasteiger partial charge in [0, 0.05) is 18.9 Å². The zero-order chi connectivity index (χ0) is 13.5. The van der Waals surface area contributed by atoms with Crippen molar-refractivity contribution in [3.63, 3.8) is 0 Å². The average molecular weight is 257 g/mol. The maximum absolute atomic E-state index is 6.14. The first-order chi connectivity index (χ1) is 9.02. The first-order valence-corrected chi connectivity index (χ1v) is 7.22. The zero-order valence-corrected chi connectivity index (χ0v) is 11.9. The highest BCUT2D eigenvalue weighted by molar-refractivity contribution is 5.37. The van der Waals surface area contributed by atoms with Crippen LogP contribution in [0.25, 0.3) is 0 Å². The van der Waals surface area contributed by atoms with Crippen molar-refractivity contribution >= 4 is 0 Å². The highest BCUT2D eigenvalue weighted by atomic mass is 16.5. The molecule has 1 heterocycles. The van der Waals surface area contributed by atoms with Gasteiger partial charge in [-0.3, -0.25) is 0 Å². The minimum Gasteiger partial charge on any atom is -0.489 e. The normalized spacial score (nSPS) is 28.5. The SMILES string of the molecule is CC1(C)CC(CC2Cc3ccccc3O2)=CC(N)C1. The molecular weight excluding hydrogens is 234 g/mol. The number of rotatable bonds is 2. The molecule has 1 aromatic carbocycles. The van der Waals surface area contributed by atoms with Gasteiger partial charge in [-0.25, -0.2) is 0 Å². The Morgan fingerprint density at radius 2 is 2.11 bits per heavy atom. The molecule has 0 aromatic heterocycles. The monoisotopic (exact) mass is 257 g/mol. The van der Waals surface area contributed by atoms with E-state index < -0.39 is 0 Å². The zero-order valence-electron chi connectivity index (χ0n) is 11.9. The van der Waals surface area contributed by atoms with Crippen LogP contribution in [0, 0.1) is 5.41 Å². The van der Waals surface area contributed by atoms with Crippen LogP contribution in [0.15, 0.2) is 35.9 Å². The van der Waals surface area contributed by atoms with E-state index in [0.29, 0.717) is 11.5 Å². The van der Waals surface area contributed by atoms with Crippen molar-refractivity contribution in [1.82, 2.24) is 0 Å². The van der Waals surface area contributed by atoms with Crippen molar-refractivity contribution in [2.24, 2.45) is 11.1 Å². The van der Waals surface area contributed by atoms with E-state index in [1.165, 1.54) is 11.1 Å². The number of fused-ring (bicyclic) bond motifs is 1. The van der Waals surface area contributed by atoms with Crippen LogP contribution in [0.2, 0.25) is 0 Å². The molecule has 2 atom stereocenters. The van der Waals surface area contributed by atoms with Gasteiger partial charge in [-0.1, -0.05) is 43.7 Å². The molecule has 0 radical (unpaired) electrons. The Labute approximate surface area is 115 Å². The van der Waals surface area contributed by atoms with E-state index in [-0.39, 0.29) is 6.04 Å². The summed E-state index contributed by atoms with van der Waals surface area (Å²) in [6, 6.07) is 8.58. The lowest BCUT2D eigenvalue weighted by Gasteiger charge is -2.33. The third kappa shape index (κ3) is 2.84. The summed E-state index contributed by atoms with van der Waals surface area (Å²) in [4.78, 5) is 0. The average Bonchev–Trinajstić information content (AvgIpc) is 2.67. The molecule has 0 fully saturated rings. The third-order valence-electron chi connectivity index (χ3n) is 4.15. The predicted molar refractivity (Wildman–Crippen MR) is 78.3 cm³/mol. The molecule has 1 aliphatic heterocycles. The Kier molecular flexibility index (Phi) is 3.14. The summed E-state index contributed by atoms with van der Waals surface area (Å²) < 4.78 is 6.03. The molecule has 19 heavy (non-hydrogen) atoms. The highest BCUT2D eigenvalue weighted by Crippen LogP contribution is 2.38. The molecule has 2 unspecified atom stereocenters. The summed E-state index contributed by atoms with van der Waals surface area (Å²) >= 11 is 0. The summed E-state index contributed by atoms with van der Waals surface area (Å²) in [5, 5.41) is 0. The van der Waals surface area contributed by atoms with Crippen LogP contribution in [0.3, 0.4) is 0 Å². The van der Waals surface area contributed by atoms with E-state index in [1.54, 1.807) is 0 Å². The summed E-state index contributed by atoms with van der Waals surface area (Å²) in [5.41, 5.74) is 9.28. The summed E-state index contributed by atoms with van der Waals surface area (Å²) in [7, 11) is 0. The highest BCUT2D eigenvalue weighted by Gasteiger charge is 2.30. The van der Waals surface area contributed by atoms with Crippen LogP contribution in [-0.4, -0.2) is 12.1 Å². The molecule has 0 bridgehead atoms. The van der Waals surface area contributed by atoms with Gasteiger partial charge < -0.3 is 10.5 Å². The molecule has 0 amide bonds. The van der Waals surface area contributed by atoms with E-state index in [4.69, 9.17) is 10.5 Å². The van der Waals surface area contributed by atoms with Crippen LogP contribution in [0.1, 0.15) is 38.7 Å². The molecule has 0 saturated heterocycles. The maximum atomic E-state index is 6.14. The standard InChI is InChI=1S/C17H23NO/c1-17(2)10-12(7-14(18)11-17)8-15-9-13-5-3-4-6-16(13)19-15/h3-7,14-15H,8-11,18H2,1-2H3. The number of hydrogen-bond acceptors (Lipinski definition) is 2. The van der Waals surface area contributed by atoms with Gasteiger partial charge in [0.2, 0.25) is 0 Å². The van der Waals surface area contributed by atoms with E-state index >= 15 is 0 Å². The summed E-state index contributed by atoms with van der Waals surface area (Å²) in [6.07, 6.45) is 6.84. The van der Waals surface area contributed by atoms with Crippen molar-refractivity contribution in [2.45, 2.75) is 51.7 Å². The molecule has 2 aliphatic rings. The fourth-order valence-corrected chi connectivity index (χ4v) is 3.55. The quantitative estimate of drug-likeness (QED) is 0.824. The third-order valence-corrected chi connectivity index (χ3v) is 4.15. The second-order valence-corrected chi connectivity index (χ2v) is 6.79. The first kappa shape index (κ1) is 12.7. The van der Waals surface area contributed by atoms with Gasteiger partial charge in [-0.15, -0.1) is 0 Å². The fourth-order valence-electron chi connectivity index (χ4n) is 3.55. The van der Waals surface area contributed by atoms with Crippen molar-refractivity contribution < 1.29 is 4.74 Å². The number of benzene rings is 1. The van der Waals surface area contributed by atoms with Gasteiger partial charge >= 0.3 is 0 Å². The van der Waals surface area contributed by atoms with Crippen molar-refractivity contribution in [1.29, 1.82) is 0 Å². The number of ether oxygens (including phenoxy) is 1. The van der Waals surface area contributed by atoms with E-state index in [1.807, 2.05) is 6.07 Å². The van der Waals surface area contributed by atoms with Gasteiger partial charge in [-0.05, 0) is 29.9 Å². The number of hydrogen-bond donors (Lipinski definition) is 1. The Hall–Kier alpha value is -1.28. The van der Waals surface area contributed by atoms with Crippen molar-refractivity contribution in [3.05, 3.63) is 41.5 Å². The summed E-state index contributed by atoms with van der Waals surface area (Å²) in [5.74, 6) is 1.06. The van der Waals surface area contributed by atoms with Crippen molar-refractivity contribution in [3.8, 4) is 5.75 Å². The Balaban J connectivity index is 1.68. The lowest BCUT2D eigenvalue weighted by atomic mass is 9.74. The molecule has 1 aliphatic carbocycles. The molecule has 2 nitrogen and oxygen atoms in total. The minimum absolute atomic E-state index is 0.211. The molecule has 0 saturated carbocycles. The van der Waals surface area contributed by atoms with E-state index in [2.05, 4.69) is 38.1 Å². The first-order valence-electron chi connectivity index (χ1n) is 7.22. The van der Waals surface area contributed by atoms with Gasteiger partial charge in [0.25, 0.3) is 0 Å². The number of nitrogens with two attached hydrogens (primary N) is 1. The van der Waals surface area contributed by atoms with Gasteiger partial charge in [-0.2, -0.15) is 0 Å². The Bertz CT molecular complexity index is 479. The second kappa shape index (κ2) is 4.68. The van der Waals surface area contributed by atoms with E-state index in [0.717, 1.165) is 31.4 Å². The molecule has 102 valence electrons. The smallest absolute Gasteiger partial charge is 0.123 e. The molecule has 0 spiro atoms. The summed E-state index contributed by atoms with van der Waals surface area (Å²) in [6.45, 7) is 4.62. The largest absolute Gasteiger partial charge is 0.489 e. The van der Waals surface area contributed by atoms with Crippen molar-refractivity contribution in [2.75, 3.05) is 0 Å². The predicted octanol–water partition coefficient (Wildman–Crippen LogP) is 3.45. The van der Waals surface area contributed by atoms with Crippen LogP contribution >= 0.6 is 0 Å². The van der Waals surface area contributed by atoms with Crippen LogP contribution in [0.5, 0.6) is 5.75 Å². The van der Waals surface area contributed by atoms with Gasteiger partial charge in [0.1, 0.15) is 11.9 Å². The molecule has 2 heteroatoms. The molecule has 2 N–H and O–H groups in total. The second-order valence-electron chi connectivity index (χ2n) is 6.79. The van der Waals surface area contributed by atoms with Gasteiger partial charge in [0.15, 0.2) is 0 Å². The Morgan fingerprint density at radius 3 is 2.84 bits per heavy atom. The molecule has 3 rings (SSSR count). The lowest BCUT2D eigenvalue weighted by Crippen LogP contribution is -2.32. The minimum atomic E-state index is 0.211. The molecular formula is C17H23NO. The maximum Gasteiger partial charge on any atom is 0.123 e.